The van der Waals surface area contributed by atoms with E-state index in [1.165, 1.54) is 0 Å². The van der Waals surface area contributed by atoms with Crippen molar-refractivity contribution in [2.45, 2.75) is 12.8 Å². The number of anilines is 1. The lowest BCUT2D eigenvalue weighted by atomic mass is 9.97. The number of nitrogens with zero attached hydrogens (tertiary/aromatic N) is 2. The van der Waals surface area contributed by atoms with Crippen LogP contribution in [0.4, 0.5) is 5.82 Å². The van der Waals surface area contributed by atoms with Crippen LogP contribution in [0.1, 0.15) is 12.8 Å². The highest BCUT2D eigenvalue weighted by Crippen LogP contribution is 2.18. The van der Waals surface area contributed by atoms with Crippen LogP contribution in [-0.4, -0.2) is 59.0 Å². The molecule has 2 rings (SSSR count). The van der Waals surface area contributed by atoms with Crippen molar-refractivity contribution in [2.75, 3.05) is 31.5 Å². The Morgan fingerprint density at radius 1 is 1.38 bits per heavy atom. The molecule has 1 atom stereocenters. The van der Waals surface area contributed by atoms with Crippen molar-refractivity contribution in [1.29, 1.82) is 0 Å². The molecule has 24 heavy (non-hydrogen) atoms. The number of carboxylic acids is 1. The molecule has 1 unspecified atom stereocenters. The predicted molar refractivity (Wildman–Crippen MR) is 90.4 cm³/mol. The lowest BCUT2D eigenvalue weighted by Gasteiger charge is -2.31. The molecule has 9 heteroatoms. The Balaban J connectivity index is 1.83. The van der Waals surface area contributed by atoms with Gasteiger partial charge in [-0.2, -0.15) is 0 Å². The van der Waals surface area contributed by atoms with Crippen LogP contribution >= 0.6 is 15.9 Å². The monoisotopic (exact) mass is 398 g/mol. The van der Waals surface area contributed by atoms with E-state index in [9.17, 15) is 14.4 Å². The number of rotatable bonds is 6. The van der Waals surface area contributed by atoms with Crippen molar-refractivity contribution in [1.82, 2.24) is 15.2 Å². The Hall–Kier alpha value is -2.00. The van der Waals surface area contributed by atoms with Gasteiger partial charge in [0.05, 0.1) is 12.5 Å². The summed E-state index contributed by atoms with van der Waals surface area (Å²) in [4.78, 5) is 40.4. The van der Waals surface area contributed by atoms with Crippen LogP contribution in [0.15, 0.2) is 22.8 Å². The molecule has 0 bridgehead atoms. The van der Waals surface area contributed by atoms with E-state index in [2.05, 4.69) is 31.5 Å². The molecule has 0 aromatic carbocycles. The molecule has 1 saturated heterocycles. The van der Waals surface area contributed by atoms with Crippen molar-refractivity contribution in [3.05, 3.63) is 22.8 Å². The largest absolute Gasteiger partial charge is 0.480 e. The number of likely N-dealkylation sites (tertiary alicyclic amines) is 1. The summed E-state index contributed by atoms with van der Waals surface area (Å²) in [7, 11) is 0. The fraction of sp³-hybridized carbons (Fsp3) is 0.467. The second kappa shape index (κ2) is 8.74. The van der Waals surface area contributed by atoms with Crippen molar-refractivity contribution < 1.29 is 19.5 Å². The molecule has 1 aromatic rings. The smallest absolute Gasteiger partial charge is 0.322 e. The van der Waals surface area contributed by atoms with E-state index in [0.29, 0.717) is 18.9 Å². The lowest BCUT2D eigenvalue weighted by Crippen LogP contribution is -2.46. The van der Waals surface area contributed by atoms with E-state index >= 15 is 0 Å². The molecule has 130 valence electrons. The highest BCUT2D eigenvalue weighted by molar-refractivity contribution is 9.10. The number of amides is 2. The molecular weight excluding hydrogens is 380 g/mol. The molecule has 8 nitrogen and oxygen atoms in total. The Labute approximate surface area is 147 Å². The van der Waals surface area contributed by atoms with Crippen LogP contribution in [-0.2, 0) is 14.4 Å². The maximum absolute atomic E-state index is 12.3. The number of aromatic nitrogens is 1. The topological polar surface area (TPSA) is 112 Å². The molecule has 0 aliphatic carbocycles. The molecule has 0 saturated carbocycles. The van der Waals surface area contributed by atoms with Gasteiger partial charge in [-0.05, 0) is 47.4 Å². The van der Waals surface area contributed by atoms with E-state index in [-0.39, 0.29) is 24.3 Å². The highest BCUT2D eigenvalue weighted by Gasteiger charge is 2.27. The van der Waals surface area contributed by atoms with Gasteiger partial charge in [0.25, 0.3) is 0 Å². The molecular formula is C15H19BrN4O4. The second-order valence-corrected chi connectivity index (χ2v) is 6.51. The third-order valence-electron chi connectivity index (χ3n) is 3.66. The fourth-order valence-corrected chi connectivity index (χ4v) is 2.76. The third kappa shape index (κ3) is 5.89. The lowest BCUT2D eigenvalue weighted by molar-refractivity contribution is -0.138. The van der Waals surface area contributed by atoms with E-state index < -0.39 is 12.5 Å². The summed E-state index contributed by atoms with van der Waals surface area (Å²) < 4.78 is 0.830. The number of piperidine rings is 1. The summed E-state index contributed by atoms with van der Waals surface area (Å²) in [6, 6.07) is 3.50. The van der Waals surface area contributed by atoms with Gasteiger partial charge in [0, 0.05) is 17.2 Å². The number of aliphatic carboxylic acids is 1. The first-order chi connectivity index (χ1) is 11.4. The summed E-state index contributed by atoms with van der Waals surface area (Å²) in [5.41, 5.74) is 0. The van der Waals surface area contributed by atoms with Gasteiger partial charge >= 0.3 is 5.97 Å². The summed E-state index contributed by atoms with van der Waals surface area (Å²) >= 11 is 3.28. The minimum absolute atomic E-state index is 0.0909. The molecule has 0 radical (unpaired) electrons. The first-order valence-corrected chi connectivity index (χ1v) is 8.36. The van der Waals surface area contributed by atoms with Crippen LogP contribution in [0.25, 0.3) is 0 Å². The Morgan fingerprint density at radius 3 is 2.83 bits per heavy atom. The number of hydrogen-bond donors (Lipinski definition) is 3. The van der Waals surface area contributed by atoms with Crippen molar-refractivity contribution in [2.24, 2.45) is 5.92 Å². The average molecular weight is 399 g/mol. The summed E-state index contributed by atoms with van der Waals surface area (Å²) in [5, 5.41) is 13.7. The van der Waals surface area contributed by atoms with E-state index in [1.807, 2.05) is 4.90 Å². The van der Waals surface area contributed by atoms with Crippen LogP contribution in [0.5, 0.6) is 0 Å². The Kier molecular flexibility index (Phi) is 6.68. The Bertz CT molecular complexity index is 608. The molecule has 0 spiro atoms. The third-order valence-corrected chi connectivity index (χ3v) is 4.13. The van der Waals surface area contributed by atoms with Gasteiger partial charge in [0.2, 0.25) is 11.8 Å². The number of halogens is 1. The number of carbonyl (C=O) groups is 3. The van der Waals surface area contributed by atoms with Crippen LogP contribution in [0, 0.1) is 5.92 Å². The molecule has 1 aromatic heterocycles. The summed E-state index contributed by atoms with van der Waals surface area (Å²) in [6.07, 6.45) is 3.16. The van der Waals surface area contributed by atoms with Gasteiger partial charge in [-0.1, -0.05) is 0 Å². The maximum Gasteiger partial charge on any atom is 0.322 e. The van der Waals surface area contributed by atoms with Gasteiger partial charge < -0.3 is 15.7 Å². The molecule has 1 fully saturated rings. The normalized spacial score (nSPS) is 18.0. The first kappa shape index (κ1) is 18.3. The number of nitrogens with one attached hydrogen (secondary N) is 2. The fourth-order valence-electron chi connectivity index (χ4n) is 2.52. The van der Waals surface area contributed by atoms with Gasteiger partial charge in [-0.15, -0.1) is 0 Å². The highest BCUT2D eigenvalue weighted by atomic mass is 79.9. The second-order valence-electron chi connectivity index (χ2n) is 5.60. The van der Waals surface area contributed by atoms with Gasteiger partial charge in [0.1, 0.15) is 12.4 Å². The van der Waals surface area contributed by atoms with Crippen LogP contribution in [0.3, 0.4) is 0 Å². The van der Waals surface area contributed by atoms with Crippen molar-refractivity contribution >= 4 is 39.5 Å². The van der Waals surface area contributed by atoms with Crippen molar-refractivity contribution in [3.63, 3.8) is 0 Å². The van der Waals surface area contributed by atoms with E-state index in [4.69, 9.17) is 5.11 Å². The SMILES string of the molecule is O=C(O)CNC(=O)CN1CCCC(C(=O)Nc2ccc(Br)cn2)C1. The van der Waals surface area contributed by atoms with Crippen LogP contribution in [0.2, 0.25) is 0 Å². The van der Waals surface area contributed by atoms with Crippen LogP contribution < -0.4 is 10.6 Å². The molecule has 2 heterocycles. The standard InChI is InChI=1S/C15H19BrN4O4/c16-11-3-4-12(17-6-11)19-15(24)10-2-1-5-20(8-10)9-13(21)18-7-14(22)23/h3-4,6,10H,1-2,5,7-9H2,(H,18,21)(H,22,23)(H,17,19,24). The van der Waals surface area contributed by atoms with E-state index in [1.54, 1.807) is 18.3 Å². The maximum atomic E-state index is 12.3. The zero-order valence-corrected chi connectivity index (χ0v) is 14.6. The number of carboxylic acid groups (broad SMARTS) is 1. The number of hydrogen-bond acceptors (Lipinski definition) is 5. The zero-order chi connectivity index (χ0) is 17.5. The minimum Gasteiger partial charge on any atom is -0.480 e. The average Bonchev–Trinajstić information content (AvgIpc) is 2.55. The zero-order valence-electron chi connectivity index (χ0n) is 13.0. The molecule has 1 aliphatic rings. The predicted octanol–water partition coefficient (Wildman–Crippen LogP) is 0.695. The minimum atomic E-state index is -1.08. The van der Waals surface area contributed by atoms with E-state index in [0.717, 1.165) is 17.3 Å². The number of pyridine rings is 1. The van der Waals surface area contributed by atoms with Gasteiger partial charge in [0.15, 0.2) is 0 Å². The quantitative estimate of drug-likeness (QED) is 0.649. The Morgan fingerprint density at radius 2 is 2.17 bits per heavy atom. The molecule has 3 N–H and O–H groups in total. The summed E-state index contributed by atoms with van der Waals surface area (Å²) in [6.45, 7) is 0.864. The number of carbonyl (C=O) groups excluding carboxylic acids is 2. The summed E-state index contributed by atoms with van der Waals surface area (Å²) in [5.74, 6) is -1.30. The molecule has 1 aliphatic heterocycles. The van der Waals surface area contributed by atoms with Gasteiger partial charge in [-0.3, -0.25) is 19.3 Å². The molecule has 2 amide bonds. The van der Waals surface area contributed by atoms with Gasteiger partial charge in [-0.25, -0.2) is 4.98 Å². The van der Waals surface area contributed by atoms with Crippen molar-refractivity contribution in [3.8, 4) is 0 Å². The first-order valence-electron chi connectivity index (χ1n) is 7.57.